The summed E-state index contributed by atoms with van der Waals surface area (Å²) in [5, 5.41) is 0. The number of nitrogens with two attached hydrogens (primary N) is 2. The number of nitrogen functional groups attached to an aromatic ring is 1. The highest BCUT2D eigenvalue weighted by Crippen LogP contribution is 2.26. The Morgan fingerprint density at radius 2 is 1.19 bits per heavy atom. The van der Waals surface area contributed by atoms with Crippen molar-refractivity contribution in [1.82, 2.24) is 0 Å². The monoisotopic (exact) mass is 274 g/mol. The molecule has 0 amide bonds. The molecule has 104 valence electrons. The van der Waals surface area contributed by atoms with Gasteiger partial charge in [0.1, 0.15) is 0 Å². The fourth-order valence-electron chi connectivity index (χ4n) is 2.49. The molecule has 0 saturated carbocycles. The van der Waals surface area contributed by atoms with Gasteiger partial charge in [0, 0.05) is 5.69 Å². The van der Waals surface area contributed by atoms with Gasteiger partial charge in [-0.15, -0.1) is 0 Å². The van der Waals surface area contributed by atoms with E-state index in [1.54, 1.807) is 0 Å². The van der Waals surface area contributed by atoms with E-state index in [-0.39, 0.29) is 6.04 Å². The topological polar surface area (TPSA) is 52.0 Å². The van der Waals surface area contributed by atoms with Gasteiger partial charge >= 0.3 is 0 Å². The molecule has 4 N–H and O–H groups in total. The van der Waals surface area contributed by atoms with Crippen molar-refractivity contribution in [1.29, 1.82) is 0 Å². The van der Waals surface area contributed by atoms with Gasteiger partial charge in [0.15, 0.2) is 0 Å². The maximum absolute atomic E-state index is 6.33. The molecule has 3 aromatic rings. The van der Waals surface area contributed by atoms with Gasteiger partial charge in [0.05, 0.1) is 6.04 Å². The van der Waals surface area contributed by atoms with Crippen LogP contribution in [-0.2, 0) is 0 Å². The number of benzene rings is 3. The zero-order valence-corrected chi connectivity index (χ0v) is 11.7. The summed E-state index contributed by atoms with van der Waals surface area (Å²) in [5.74, 6) is 0. The molecule has 0 spiro atoms. The Hall–Kier alpha value is -2.58. The van der Waals surface area contributed by atoms with E-state index in [2.05, 4.69) is 36.4 Å². The SMILES string of the molecule is Nc1ccccc1C(N)c1ccc(-c2ccccc2)cc1. The molecule has 2 heteroatoms. The molecule has 0 aliphatic heterocycles. The van der Waals surface area contributed by atoms with Gasteiger partial charge in [0.25, 0.3) is 0 Å². The lowest BCUT2D eigenvalue weighted by atomic mass is 9.96. The molecule has 0 fully saturated rings. The van der Waals surface area contributed by atoms with E-state index in [9.17, 15) is 0 Å². The molecule has 0 bridgehead atoms. The maximum Gasteiger partial charge on any atom is 0.0572 e. The van der Waals surface area contributed by atoms with Gasteiger partial charge in [0.2, 0.25) is 0 Å². The van der Waals surface area contributed by atoms with Gasteiger partial charge in [-0.05, 0) is 28.3 Å². The first-order chi connectivity index (χ1) is 10.3. The molecule has 0 heterocycles. The summed E-state index contributed by atoms with van der Waals surface area (Å²) in [6.07, 6.45) is 0. The summed E-state index contributed by atoms with van der Waals surface area (Å²) >= 11 is 0. The fourth-order valence-corrected chi connectivity index (χ4v) is 2.49. The van der Waals surface area contributed by atoms with Crippen LogP contribution in [0.2, 0.25) is 0 Å². The lowest BCUT2D eigenvalue weighted by Crippen LogP contribution is -2.13. The van der Waals surface area contributed by atoms with Gasteiger partial charge in [-0.3, -0.25) is 0 Å². The van der Waals surface area contributed by atoms with Gasteiger partial charge in [-0.2, -0.15) is 0 Å². The average molecular weight is 274 g/mol. The molecule has 0 radical (unpaired) electrons. The zero-order valence-electron chi connectivity index (χ0n) is 11.7. The van der Waals surface area contributed by atoms with Crippen LogP contribution in [0.1, 0.15) is 17.2 Å². The maximum atomic E-state index is 6.33. The predicted molar refractivity (Wildman–Crippen MR) is 88.8 cm³/mol. The Balaban J connectivity index is 1.89. The van der Waals surface area contributed by atoms with Crippen molar-refractivity contribution in [2.75, 3.05) is 5.73 Å². The number of hydrogen-bond donors (Lipinski definition) is 2. The van der Waals surface area contributed by atoms with Crippen LogP contribution in [0.3, 0.4) is 0 Å². The van der Waals surface area contributed by atoms with Gasteiger partial charge < -0.3 is 11.5 Å². The second kappa shape index (κ2) is 5.81. The number of rotatable bonds is 3. The summed E-state index contributed by atoms with van der Waals surface area (Å²) < 4.78 is 0. The minimum atomic E-state index is -0.198. The molecule has 0 aliphatic carbocycles. The van der Waals surface area contributed by atoms with E-state index >= 15 is 0 Å². The van der Waals surface area contributed by atoms with Crippen LogP contribution in [0.15, 0.2) is 78.9 Å². The van der Waals surface area contributed by atoms with E-state index in [1.807, 2.05) is 42.5 Å². The Bertz CT molecular complexity index is 718. The third kappa shape index (κ3) is 2.81. The van der Waals surface area contributed by atoms with Crippen molar-refractivity contribution in [3.63, 3.8) is 0 Å². The van der Waals surface area contributed by atoms with Crippen LogP contribution in [0.25, 0.3) is 11.1 Å². The molecule has 2 nitrogen and oxygen atoms in total. The van der Waals surface area contributed by atoms with E-state index in [4.69, 9.17) is 11.5 Å². The molecule has 3 aromatic carbocycles. The van der Waals surface area contributed by atoms with Crippen LogP contribution >= 0.6 is 0 Å². The summed E-state index contributed by atoms with van der Waals surface area (Å²) in [4.78, 5) is 0. The number of anilines is 1. The Morgan fingerprint density at radius 3 is 1.86 bits per heavy atom. The standard InChI is InChI=1S/C19H18N2/c20-18-9-5-4-8-17(18)19(21)16-12-10-15(11-13-16)14-6-2-1-3-7-14/h1-13,19H,20-21H2. The molecule has 0 aromatic heterocycles. The normalized spacial score (nSPS) is 12.0. The predicted octanol–water partition coefficient (Wildman–Crippen LogP) is 3.98. The van der Waals surface area contributed by atoms with E-state index < -0.39 is 0 Å². The Morgan fingerprint density at radius 1 is 0.619 bits per heavy atom. The summed E-state index contributed by atoms with van der Waals surface area (Å²) in [6.45, 7) is 0. The minimum absolute atomic E-state index is 0.198. The highest BCUT2D eigenvalue weighted by molar-refractivity contribution is 5.64. The van der Waals surface area contributed by atoms with Crippen molar-refractivity contribution < 1.29 is 0 Å². The van der Waals surface area contributed by atoms with Crippen molar-refractivity contribution in [3.05, 3.63) is 90.0 Å². The Labute approximate surface area is 125 Å². The first-order valence-electron chi connectivity index (χ1n) is 7.01. The smallest absolute Gasteiger partial charge is 0.0572 e. The molecule has 1 atom stereocenters. The zero-order chi connectivity index (χ0) is 14.7. The van der Waals surface area contributed by atoms with Crippen LogP contribution < -0.4 is 11.5 Å². The van der Waals surface area contributed by atoms with Crippen LogP contribution in [0.4, 0.5) is 5.69 Å². The molecule has 0 aliphatic rings. The number of para-hydroxylation sites is 1. The second-order valence-electron chi connectivity index (χ2n) is 5.09. The van der Waals surface area contributed by atoms with E-state index in [0.29, 0.717) is 0 Å². The average Bonchev–Trinajstić information content (AvgIpc) is 2.56. The van der Waals surface area contributed by atoms with E-state index in [0.717, 1.165) is 16.8 Å². The lowest BCUT2D eigenvalue weighted by molar-refractivity contribution is 0.875. The molecule has 21 heavy (non-hydrogen) atoms. The molecule has 3 rings (SSSR count). The first-order valence-corrected chi connectivity index (χ1v) is 7.01. The quantitative estimate of drug-likeness (QED) is 0.710. The molecular formula is C19H18N2. The van der Waals surface area contributed by atoms with Gasteiger partial charge in [-0.1, -0.05) is 72.8 Å². The molecule has 0 saturated heterocycles. The fraction of sp³-hybridized carbons (Fsp3) is 0.0526. The molecule has 1 unspecified atom stereocenters. The summed E-state index contributed by atoms with van der Waals surface area (Å²) in [7, 11) is 0. The third-order valence-corrected chi connectivity index (χ3v) is 3.71. The minimum Gasteiger partial charge on any atom is -0.398 e. The van der Waals surface area contributed by atoms with Crippen molar-refractivity contribution in [3.8, 4) is 11.1 Å². The highest BCUT2D eigenvalue weighted by atomic mass is 14.7. The van der Waals surface area contributed by atoms with Gasteiger partial charge in [-0.25, -0.2) is 0 Å². The molecular weight excluding hydrogens is 256 g/mol. The second-order valence-corrected chi connectivity index (χ2v) is 5.09. The summed E-state index contributed by atoms with van der Waals surface area (Å²) in [6, 6.07) is 26.2. The van der Waals surface area contributed by atoms with Crippen molar-refractivity contribution in [2.45, 2.75) is 6.04 Å². The third-order valence-electron chi connectivity index (χ3n) is 3.71. The Kier molecular flexibility index (Phi) is 3.71. The van der Waals surface area contributed by atoms with Crippen molar-refractivity contribution in [2.24, 2.45) is 5.73 Å². The van der Waals surface area contributed by atoms with Crippen LogP contribution in [-0.4, -0.2) is 0 Å². The summed E-state index contributed by atoms with van der Waals surface area (Å²) in [5.41, 5.74) is 17.5. The van der Waals surface area contributed by atoms with Crippen LogP contribution in [0, 0.1) is 0 Å². The van der Waals surface area contributed by atoms with Crippen LogP contribution in [0.5, 0.6) is 0 Å². The number of hydrogen-bond acceptors (Lipinski definition) is 2. The van der Waals surface area contributed by atoms with E-state index in [1.165, 1.54) is 11.1 Å². The first kappa shape index (κ1) is 13.4. The largest absolute Gasteiger partial charge is 0.398 e. The van der Waals surface area contributed by atoms with Crippen molar-refractivity contribution >= 4 is 5.69 Å². The highest BCUT2D eigenvalue weighted by Gasteiger charge is 2.11. The lowest BCUT2D eigenvalue weighted by Gasteiger charge is -2.15.